The highest BCUT2D eigenvalue weighted by atomic mass is 32.2. The molecule has 2 amide bonds. The zero-order chi connectivity index (χ0) is 51.4. The van der Waals surface area contributed by atoms with Crippen LogP contribution in [0.3, 0.4) is 0 Å². The third-order valence-corrected chi connectivity index (χ3v) is 13.5. The second kappa shape index (κ2) is 20.1. The average molecular weight is 1050 g/mol. The fourth-order valence-electron chi connectivity index (χ4n) is 6.59. The van der Waals surface area contributed by atoms with Gasteiger partial charge >= 0.3 is 6.03 Å². The number of hydrogen-bond donors (Lipinski definition) is 6. The molecule has 0 heterocycles. The zero-order valence-corrected chi connectivity index (χ0v) is 39.5. The summed E-state index contributed by atoms with van der Waals surface area (Å²) in [5.74, 6) is 0. The fourth-order valence-corrected chi connectivity index (χ4v) is 8.57. The molecule has 8 aromatic rings. The highest BCUT2D eigenvalue weighted by Gasteiger charge is 2.17. The van der Waals surface area contributed by atoms with Crippen molar-refractivity contribution in [3.8, 4) is 0 Å². The molecule has 8 rings (SSSR count). The van der Waals surface area contributed by atoms with Gasteiger partial charge < -0.3 is 10.6 Å². The number of nitrogens with one attached hydrogen (secondary N) is 2. The smallest absolute Gasteiger partial charge is 0.308 e. The first-order valence-electron chi connectivity index (χ1n) is 20.3. The van der Waals surface area contributed by atoms with E-state index in [1.165, 1.54) is 72.8 Å². The van der Waals surface area contributed by atoms with Gasteiger partial charge in [0.2, 0.25) is 0 Å². The number of amides is 2. The van der Waals surface area contributed by atoms with E-state index < -0.39 is 56.3 Å². The van der Waals surface area contributed by atoms with Crippen molar-refractivity contribution in [3.05, 3.63) is 158 Å². The topological polar surface area (TPSA) is 357 Å². The molecule has 23 nitrogen and oxygen atoms in total. The van der Waals surface area contributed by atoms with Crippen molar-refractivity contribution in [2.24, 2.45) is 40.9 Å². The Morgan fingerprint density at radius 1 is 0.306 bits per heavy atom. The molecule has 6 N–H and O–H groups in total. The fraction of sp³-hybridized carbons (Fsp3) is 0. The van der Waals surface area contributed by atoms with Crippen molar-refractivity contribution in [2.75, 3.05) is 10.6 Å². The van der Waals surface area contributed by atoms with Gasteiger partial charge in [-0.25, -0.2) is 4.79 Å². The Balaban J connectivity index is 0.920. The Labute approximate surface area is 408 Å². The maximum absolute atomic E-state index is 12.9. The number of azo groups is 4. The van der Waals surface area contributed by atoms with Crippen LogP contribution in [-0.2, 0) is 40.5 Å². The summed E-state index contributed by atoms with van der Waals surface area (Å²) in [6.07, 6.45) is 0. The Morgan fingerprint density at radius 3 is 0.833 bits per heavy atom. The molecule has 0 spiro atoms. The number of hydrogen-bond acceptors (Lipinski definition) is 17. The first-order valence-corrected chi connectivity index (χ1v) is 26.0. The summed E-state index contributed by atoms with van der Waals surface area (Å²) in [6, 6.07) is 35.4. The highest BCUT2D eigenvalue weighted by Crippen LogP contribution is 2.39. The number of anilines is 2. The first kappa shape index (κ1) is 50.0. The third-order valence-electron chi connectivity index (χ3n) is 10.1. The van der Waals surface area contributed by atoms with E-state index in [0.717, 1.165) is 24.3 Å². The molecule has 364 valence electrons. The van der Waals surface area contributed by atoms with Gasteiger partial charge in [-0.05, 0) is 146 Å². The van der Waals surface area contributed by atoms with Crippen LogP contribution in [0, 0.1) is 0 Å². The Hall–Kier alpha value is -8.41. The van der Waals surface area contributed by atoms with Gasteiger partial charge in [-0.3, -0.25) is 18.2 Å². The Kier molecular flexibility index (Phi) is 14.0. The monoisotopic (exact) mass is 1050 g/mol. The molecular formula is C45H32N10O13S4. The van der Waals surface area contributed by atoms with Gasteiger partial charge in [-0.2, -0.15) is 54.1 Å². The van der Waals surface area contributed by atoms with Crippen molar-refractivity contribution in [2.45, 2.75) is 19.6 Å². The average Bonchev–Trinajstić information content (AvgIpc) is 3.33. The number of rotatable bonds is 14. The highest BCUT2D eigenvalue weighted by molar-refractivity contribution is 7.86. The van der Waals surface area contributed by atoms with Crippen molar-refractivity contribution >= 4 is 125 Å². The van der Waals surface area contributed by atoms with E-state index in [9.17, 15) is 56.7 Å². The Morgan fingerprint density at radius 2 is 0.556 bits per heavy atom. The van der Waals surface area contributed by atoms with E-state index in [1.807, 2.05) is 0 Å². The normalized spacial score (nSPS) is 12.7. The van der Waals surface area contributed by atoms with Gasteiger partial charge in [0.15, 0.2) is 0 Å². The standard InChI is InChI=1S/C45H32N10O13S4/c56-45(46-27-1-5-29(6-2-27)48-52-41-21-23-43(39-25-35(71(63,64)65)17-19-37(39)41)54-50-31-9-13-33(14-10-31)69(57,58)59)47-28-3-7-30(8-4-28)49-53-42-22-24-44(40-26-36(72(66,67)68)18-20-38(40)42)55-51-32-11-15-34(16-12-32)70(60,61)62/h1-26H,(H2,46,47,56)(H,57,58,59)(H,60,61,62)(H,63,64,65)(H,66,67,68)/b52-48+,53-49+,54-50+,55-51+. The summed E-state index contributed by atoms with van der Waals surface area (Å²) in [6.45, 7) is 0. The predicted octanol–water partition coefficient (Wildman–Crippen LogP) is 12.3. The predicted molar refractivity (Wildman–Crippen MR) is 262 cm³/mol. The van der Waals surface area contributed by atoms with E-state index >= 15 is 0 Å². The van der Waals surface area contributed by atoms with E-state index in [1.54, 1.807) is 60.7 Å². The molecule has 0 saturated carbocycles. The van der Waals surface area contributed by atoms with Crippen LogP contribution in [0.5, 0.6) is 0 Å². The van der Waals surface area contributed by atoms with Crippen LogP contribution in [0.15, 0.2) is 218 Å². The summed E-state index contributed by atoms with van der Waals surface area (Å²) >= 11 is 0. The SMILES string of the molecule is O=C(Nc1ccc(/N=N/c2ccc(/N=N/c3ccc(S(=O)(=O)O)cc3)c3cc(S(=O)(=O)O)ccc23)cc1)Nc1ccc(/N=N/c2ccc(/N=N/c3ccc(S(=O)(=O)O)cc3)c3cc(S(=O)(=O)O)ccc23)cc1. The molecule has 0 atom stereocenters. The van der Waals surface area contributed by atoms with E-state index in [4.69, 9.17) is 0 Å². The molecule has 0 fully saturated rings. The summed E-state index contributed by atoms with van der Waals surface area (Å²) in [4.78, 5) is 11.4. The van der Waals surface area contributed by atoms with Crippen molar-refractivity contribution in [1.82, 2.24) is 0 Å². The van der Waals surface area contributed by atoms with Gasteiger partial charge in [0.05, 0.1) is 65.1 Å². The molecule has 8 aromatic carbocycles. The molecule has 0 aromatic heterocycles. The number of carbonyl (C=O) groups is 1. The maximum atomic E-state index is 12.9. The van der Waals surface area contributed by atoms with Crippen LogP contribution in [0.2, 0.25) is 0 Å². The lowest BCUT2D eigenvalue weighted by molar-refractivity contribution is 0.262. The molecule has 72 heavy (non-hydrogen) atoms. The first-order chi connectivity index (χ1) is 34.1. The summed E-state index contributed by atoms with van der Waals surface area (Å²) in [7, 11) is -18.1. The number of nitrogens with zero attached hydrogens (tertiary/aromatic N) is 8. The van der Waals surface area contributed by atoms with Crippen molar-refractivity contribution in [1.29, 1.82) is 0 Å². The minimum absolute atomic E-state index is 0.177. The van der Waals surface area contributed by atoms with Crippen LogP contribution in [-0.4, -0.2) is 57.9 Å². The van der Waals surface area contributed by atoms with Gasteiger partial charge in [0.1, 0.15) is 0 Å². The van der Waals surface area contributed by atoms with Crippen LogP contribution < -0.4 is 10.6 Å². The largest absolute Gasteiger partial charge is 0.323 e. The number of fused-ring (bicyclic) bond motifs is 2. The maximum Gasteiger partial charge on any atom is 0.323 e. The molecule has 0 saturated heterocycles. The molecular weight excluding hydrogens is 1020 g/mol. The lowest BCUT2D eigenvalue weighted by Crippen LogP contribution is -2.19. The second-order valence-electron chi connectivity index (χ2n) is 15.0. The summed E-state index contributed by atoms with van der Waals surface area (Å²) in [5, 5.41) is 40.3. The van der Waals surface area contributed by atoms with Crippen LogP contribution >= 0.6 is 0 Å². The van der Waals surface area contributed by atoms with Crippen LogP contribution in [0.4, 0.5) is 61.7 Å². The molecule has 0 aliphatic rings. The summed E-state index contributed by atoms with van der Waals surface area (Å²) in [5.41, 5.74) is 2.95. The minimum Gasteiger partial charge on any atom is -0.308 e. The van der Waals surface area contributed by atoms with Gasteiger partial charge in [0, 0.05) is 32.9 Å². The third kappa shape index (κ3) is 12.3. The summed E-state index contributed by atoms with van der Waals surface area (Å²) < 4.78 is 131. The van der Waals surface area contributed by atoms with Gasteiger partial charge in [-0.1, -0.05) is 12.1 Å². The van der Waals surface area contributed by atoms with Crippen molar-refractivity contribution in [3.63, 3.8) is 0 Å². The number of benzene rings is 8. The quantitative estimate of drug-likeness (QED) is 0.0436. The molecule has 0 aliphatic heterocycles. The van der Waals surface area contributed by atoms with E-state index in [-0.39, 0.29) is 43.3 Å². The second-order valence-corrected chi connectivity index (χ2v) is 20.7. The van der Waals surface area contributed by atoms with E-state index in [2.05, 4.69) is 51.5 Å². The van der Waals surface area contributed by atoms with E-state index in [0.29, 0.717) is 44.9 Å². The van der Waals surface area contributed by atoms with Crippen LogP contribution in [0.1, 0.15) is 0 Å². The number of urea groups is 1. The molecule has 27 heteroatoms. The van der Waals surface area contributed by atoms with Gasteiger partial charge in [0.25, 0.3) is 40.5 Å². The molecule has 0 radical (unpaired) electrons. The van der Waals surface area contributed by atoms with Crippen LogP contribution in [0.25, 0.3) is 21.5 Å². The van der Waals surface area contributed by atoms with Crippen molar-refractivity contribution < 1.29 is 56.7 Å². The lowest BCUT2D eigenvalue weighted by Gasteiger charge is -2.08. The lowest BCUT2D eigenvalue weighted by atomic mass is 10.1. The Bertz CT molecular complexity index is 3770. The number of carbonyl (C=O) groups excluding carboxylic acids is 1. The molecule has 0 bridgehead atoms. The molecule has 0 unspecified atom stereocenters. The zero-order valence-electron chi connectivity index (χ0n) is 36.2. The minimum atomic E-state index is -4.61. The van der Waals surface area contributed by atoms with Gasteiger partial charge in [-0.15, -0.1) is 20.5 Å². The molecule has 0 aliphatic carbocycles.